The van der Waals surface area contributed by atoms with Crippen LogP contribution in [0.25, 0.3) is 0 Å². The molecule has 132 valence electrons. The number of hydrogen-bond acceptors (Lipinski definition) is 4. The van der Waals surface area contributed by atoms with Gasteiger partial charge in [0.25, 0.3) is 0 Å². The first-order valence-electron chi connectivity index (χ1n) is 8.96. The number of benzene rings is 1. The number of nitrogens with zero attached hydrogens (tertiary/aromatic N) is 2. The summed E-state index contributed by atoms with van der Waals surface area (Å²) in [6, 6.07) is 10.1. The maximum absolute atomic E-state index is 11.9. The van der Waals surface area contributed by atoms with Crippen molar-refractivity contribution in [1.82, 2.24) is 9.80 Å². The Morgan fingerprint density at radius 2 is 1.92 bits per heavy atom. The molecule has 1 aliphatic heterocycles. The Morgan fingerprint density at radius 1 is 1.21 bits per heavy atom. The van der Waals surface area contributed by atoms with E-state index in [1.807, 2.05) is 30.3 Å². The van der Waals surface area contributed by atoms with Gasteiger partial charge in [0.2, 0.25) is 5.91 Å². The molecule has 0 unspecified atom stereocenters. The fraction of sp³-hybridized carbons (Fsp3) is 0.632. The van der Waals surface area contributed by atoms with E-state index >= 15 is 0 Å². The van der Waals surface area contributed by atoms with Crippen LogP contribution in [-0.4, -0.2) is 65.2 Å². The molecule has 0 spiro atoms. The summed E-state index contributed by atoms with van der Waals surface area (Å²) in [6.45, 7) is 4.18. The molecule has 1 saturated heterocycles. The molecule has 0 bridgehead atoms. The summed E-state index contributed by atoms with van der Waals surface area (Å²) >= 11 is 0. The number of hydrogen-bond donors (Lipinski definition) is 1. The predicted octanol–water partition coefficient (Wildman–Crippen LogP) is 1.90. The molecule has 1 aromatic carbocycles. The summed E-state index contributed by atoms with van der Waals surface area (Å²) in [5.41, 5.74) is -1.04. The standard InChI is InChI=1S/C19H28N2O3/c1-16(22)20-11-12-21(17-7-5-6-8-17)14-19(23,13-20)15-24-18-9-3-2-4-10-18/h2-4,9-10,17,23H,5-8,11-15H2,1H3/t19-/m0/s1. The molecular formula is C19H28N2O3. The zero-order valence-corrected chi connectivity index (χ0v) is 14.5. The minimum Gasteiger partial charge on any atom is -0.490 e. The number of rotatable bonds is 4. The molecule has 24 heavy (non-hydrogen) atoms. The van der Waals surface area contributed by atoms with Gasteiger partial charge in [0.15, 0.2) is 0 Å². The summed E-state index contributed by atoms with van der Waals surface area (Å²) in [6.07, 6.45) is 4.90. The maximum Gasteiger partial charge on any atom is 0.219 e. The molecule has 0 aromatic heterocycles. The minimum absolute atomic E-state index is 0.0152. The molecule has 1 atom stereocenters. The van der Waals surface area contributed by atoms with Crippen LogP contribution < -0.4 is 4.74 Å². The molecule has 5 nitrogen and oxygen atoms in total. The van der Waals surface area contributed by atoms with E-state index in [4.69, 9.17) is 4.74 Å². The van der Waals surface area contributed by atoms with Gasteiger partial charge in [0.1, 0.15) is 18.0 Å². The molecule has 1 aliphatic carbocycles. The molecule has 1 amide bonds. The lowest BCUT2D eigenvalue weighted by Gasteiger charge is -2.35. The molecular weight excluding hydrogens is 304 g/mol. The highest BCUT2D eigenvalue weighted by Crippen LogP contribution is 2.27. The van der Waals surface area contributed by atoms with Gasteiger partial charge in [-0.2, -0.15) is 0 Å². The highest BCUT2D eigenvalue weighted by Gasteiger charge is 2.39. The summed E-state index contributed by atoms with van der Waals surface area (Å²) in [4.78, 5) is 16.0. The SMILES string of the molecule is CC(=O)N1CCN(C2CCCC2)C[C@](O)(COc2ccccc2)C1. The number of amides is 1. The summed E-state index contributed by atoms with van der Waals surface area (Å²) in [7, 11) is 0. The zero-order valence-electron chi connectivity index (χ0n) is 14.5. The first-order valence-corrected chi connectivity index (χ1v) is 8.96. The largest absolute Gasteiger partial charge is 0.490 e. The van der Waals surface area contributed by atoms with Gasteiger partial charge in [0.05, 0.1) is 6.54 Å². The van der Waals surface area contributed by atoms with Crippen LogP contribution in [0, 0.1) is 0 Å². The lowest BCUT2D eigenvalue weighted by atomic mass is 10.0. The van der Waals surface area contributed by atoms with Crippen molar-refractivity contribution in [3.8, 4) is 5.75 Å². The molecule has 0 radical (unpaired) electrons. The molecule has 1 N–H and O–H groups in total. The molecule has 1 aromatic rings. The Bertz CT molecular complexity index is 545. The number of carbonyl (C=O) groups excluding carboxylic acids is 1. The summed E-state index contributed by atoms with van der Waals surface area (Å²) < 4.78 is 5.83. The van der Waals surface area contributed by atoms with Crippen LogP contribution in [0.1, 0.15) is 32.6 Å². The monoisotopic (exact) mass is 332 g/mol. The molecule has 1 heterocycles. The third-order valence-corrected chi connectivity index (χ3v) is 5.18. The maximum atomic E-state index is 11.9. The number of para-hydroxylation sites is 1. The molecule has 2 aliphatic rings. The normalized spacial score (nSPS) is 26.3. The quantitative estimate of drug-likeness (QED) is 0.915. The minimum atomic E-state index is -1.04. The van der Waals surface area contributed by atoms with Crippen molar-refractivity contribution in [3.63, 3.8) is 0 Å². The van der Waals surface area contributed by atoms with E-state index in [-0.39, 0.29) is 12.5 Å². The Balaban J connectivity index is 1.71. The average Bonchev–Trinajstić information content (AvgIpc) is 3.05. The van der Waals surface area contributed by atoms with Crippen LogP contribution in [0.15, 0.2) is 30.3 Å². The van der Waals surface area contributed by atoms with Crippen LogP contribution in [0.5, 0.6) is 5.75 Å². The van der Waals surface area contributed by atoms with Gasteiger partial charge in [-0.25, -0.2) is 0 Å². The Hall–Kier alpha value is -1.59. The van der Waals surface area contributed by atoms with Crippen LogP contribution >= 0.6 is 0 Å². The van der Waals surface area contributed by atoms with Gasteiger partial charge in [-0.1, -0.05) is 31.0 Å². The molecule has 1 saturated carbocycles. The number of carbonyl (C=O) groups is 1. The third-order valence-electron chi connectivity index (χ3n) is 5.18. The van der Waals surface area contributed by atoms with Gasteiger partial charge >= 0.3 is 0 Å². The summed E-state index contributed by atoms with van der Waals surface area (Å²) in [5, 5.41) is 11.2. The van der Waals surface area contributed by atoms with Gasteiger partial charge in [0, 0.05) is 32.6 Å². The van der Waals surface area contributed by atoms with Crippen LogP contribution in [0.3, 0.4) is 0 Å². The van der Waals surface area contributed by atoms with Crippen LogP contribution in [-0.2, 0) is 4.79 Å². The van der Waals surface area contributed by atoms with E-state index in [0.29, 0.717) is 25.7 Å². The van der Waals surface area contributed by atoms with Gasteiger partial charge in [-0.15, -0.1) is 0 Å². The van der Waals surface area contributed by atoms with Gasteiger partial charge in [-0.3, -0.25) is 9.69 Å². The lowest BCUT2D eigenvalue weighted by Crippen LogP contribution is -2.53. The highest BCUT2D eigenvalue weighted by atomic mass is 16.5. The van der Waals surface area contributed by atoms with E-state index in [2.05, 4.69) is 4.90 Å². The van der Waals surface area contributed by atoms with Crippen LogP contribution in [0.2, 0.25) is 0 Å². The van der Waals surface area contributed by atoms with E-state index < -0.39 is 5.60 Å². The fourth-order valence-electron chi connectivity index (χ4n) is 3.87. The topological polar surface area (TPSA) is 53.0 Å². The van der Waals surface area contributed by atoms with E-state index in [0.717, 1.165) is 12.3 Å². The van der Waals surface area contributed by atoms with Crippen molar-refractivity contribution < 1.29 is 14.6 Å². The van der Waals surface area contributed by atoms with Gasteiger partial charge in [-0.05, 0) is 25.0 Å². The molecule has 5 heteroatoms. The highest BCUT2D eigenvalue weighted by molar-refractivity contribution is 5.73. The van der Waals surface area contributed by atoms with Crippen molar-refractivity contribution in [2.75, 3.05) is 32.8 Å². The smallest absolute Gasteiger partial charge is 0.219 e. The first-order chi connectivity index (χ1) is 11.6. The fourth-order valence-corrected chi connectivity index (χ4v) is 3.87. The zero-order chi connectivity index (χ0) is 17.0. The third kappa shape index (κ3) is 4.28. The first kappa shape index (κ1) is 17.2. The predicted molar refractivity (Wildman–Crippen MR) is 93.0 cm³/mol. The average molecular weight is 332 g/mol. The second kappa shape index (κ2) is 7.53. The second-order valence-corrected chi connectivity index (χ2v) is 7.18. The number of ether oxygens (including phenoxy) is 1. The molecule has 3 rings (SSSR count). The van der Waals surface area contributed by atoms with Crippen LogP contribution in [0.4, 0.5) is 0 Å². The number of β-amino-alcohol motifs (C(OH)–C–C–N with tert-alkyl or cyclic N) is 1. The van der Waals surface area contributed by atoms with E-state index in [1.165, 1.54) is 25.7 Å². The summed E-state index contributed by atoms with van der Waals surface area (Å²) in [5.74, 6) is 0.762. The van der Waals surface area contributed by atoms with Crippen molar-refractivity contribution in [1.29, 1.82) is 0 Å². The number of aliphatic hydroxyl groups is 1. The molecule has 2 fully saturated rings. The van der Waals surface area contributed by atoms with Crippen molar-refractivity contribution in [3.05, 3.63) is 30.3 Å². The van der Waals surface area contributed by atoms with Crippen molar-refractivity contribution >= 4 is 5.91 Å². The second-order valence-electron chi connectivity index (χ2n) is 7.18. The van der Waals surface area contributed by atoms with E-state index in [1.54, 1.807) is 11.8 Å². The van der Waals surface area contributed by atoms with Crippen molar-refractivity contribution in [2.24, 2.45) is 0 Å². The van der Waals surface area contributed by atoms with Gasteiger partial charge < -0.3 is 14.7 Å². The Kier molecular flexibility index (Phi) is 5.41. The Morgan fingerprint density at radius 3 is 2.58 bits per heavy atom. The van der Waals surface area contributed by atoms with Crippen molar-refractivity contribution in [2.45, 2.75) is 44.2 Å². The lowest BCUT2D eigenvalue weighted by molar-refractivity contribution is -0.132. The Labute approximate surface area is 144 Å². The van der Waals surface area contributed by atoms with E-state index in [9.17, 15) is 9.90 Å².